The van der Waals surface area contributed by atoms with Crippen LogP contribution in [-0.4, -0.2) is 19.1 Å². The van der Waals surface area contributed by atoms with E-state index in [4.69, 9.17) is 10.5 Å². The number of hydrogen-bond acceptors (Lipinski definition) is 3. The Labute approximate surface area is 96.6 Å². The second-order valence-corrected chi connectivity index (χ2v) is 3.82. The molecular formula is C13H19NO2. The quantitative estimate of drug-likeness (QED) is 0.770. The fourth-order valence-electron chi connectivity index (χ4n) is 1.63. The second kappa shape index (κ2) is 6.28. The molecule has 0 aliphatic heterocycles. The molecule has 16 heavy (non-hydrogen) atoms. The highest BCUT2D eigenvalue weighted by atomic mass is 16.5. The summed E-state index contributed by atoms with van der Waals surface area (Å²) in [5.74, 6) is -0.436. The lowest BCUT2D eigenvalue weighted by atomic mass is 9.96. The molecule has 0 fully saturated rings. The van der Waals surface area contributed by atoms with Gasteiger partial charge in [0.25, 0.3) is 0 Å². The van der Waals surface area contributed by atoms with Crippen LogP contribution in [-0.2, 0) is 16.0 Å². The molecule has 1 unspecified atom stereocenters. The minimum atomic E-state index is -0.235. The predicted molar refractivity (Wildman–Crippen MR) is 64.1 cm³/mol. The molecule has 2 N–H and O–H groups in total. The number of carbonyl (C=O) groups excluding carboxylic acids is 1. The van der Waals surface area contributed by atoms with E-state index in [1.165, 1.54) is 5.56 Å². The number of nitrogens with two attached hydrogens (primary N) is 1. The minimum Gasteiger partial charge on any atom is -0.466 e. The Hall–Kier alpha value is -1.35. The molecule has 1 aromatic carbocycles. The lowest BCUT2D eigenvalue weighted by Crippen LogP contribution is -2.27. The van der Waals surface area contributed by atoms with E-state index in [0.717, 1.165) is 5.56 Å². The minimum absolute atomic E-state index is 0.201. The smallest absolute Gasteiger partial charge is 0.310 e. The maximum atomic E-state index is 11.6. The van der Waals surface area contributed by atoms with Crippen LogP contribution in [0.3, 0.4) is 0 Å². The van der Waals surface area contributed by atoms with Gasteiger partial charge in [0.1, 0.15) is 0 Å². The van der Waals surface area contributed by atoms with E-state index in [1.54, 1.807) is 6.92 Å². The highest BCUT2D eigenvalue weighted by molar-refractivity contribution is 5.73. The first-order valence-electron chi connectivity index (χ1n) is 5.60. The number of aryl methyl sites for hydroxylation is 1. The number of carbonyl (C=O) groups is 1. The lowest BCUT2D eigenvalue weighted by molar-refractivity contribution is -0.147. The van der Waals surface area contributed by atoms with Crippen LogP contribution in [0.15, 0.2) is 24.3 Å². The average molecular weight is 221 g/mol. The number of benzene rings is 1. The van der Waals surface area contributed by atoms with E-state index in [-0.39, 0.29) is 11.9 Å². The molecule has 3 nitrogen and oxygen atoms in total. The van der Waals surface area contributed by atoms with Gasteiger partial charge >= 0.3 is 5.97 Å². The van der Waals surface area contributed by atoms with Crippen LogP contribution in [0.4, 0.5) is 0 Å². The summed E-state index contributed by atoms with van der Waals surface area (Å²) in [7, 11) is 0. The number of esters is 1. The van der Waals surface area contributed by atoms with Gasteiger partial charge in [0, 0.05) is 6.54 Å². The summed E-state index contributed by atoms with van der Waals surface area (Å²) in [5, 5.41) is 0. The molecule has 0 heterocycles. The molecule has 0 aromatic heterocycles. The van der Waals surface area contributed by atoms with Crippen molar-refractivity contribution in [3.8, 4) is 0 Å². The van der Waals surface area contributed by atoms with Crippen molar-refractivity contribution in [1.29, 1.82) is 0 Å². The zero-order valence-electron chi connectivity index (χ0n) is 9.90. The molecule has 0 saturated carbocycles. The van der Waals surface area contributed by atoms with Crippen LogP contribution in [0.2, 0.25) is 0 Å². The van der Waals surface area contributed by atoms with Gasteiger partial charge in [0.05, 0.1) is 12.5 Å². The number of ether oxygens (including phenoxy) is 1. The van der Waals surface area contributed by atoms with Gasteiger partial charge < -0.3 is 10.5 Å². The van der Waals surface area contributed by atoms with Gasteiger partial charge in [-0.2, -0.15) is 0 Å². The van der Waals surface area contributed by atoms with Gasteiger partial charge in [-0.05, 0) is 31.4 Å². The first-order chi connectivity index (χ1) is 7.69. The molecule has 88 valence electrons. The Morgan fingerprint density at radius 1 is 1.44 bits per heavy atom. The van der Waals surface area contributed by atoms with Gasteiger partial charge in [-0.15, -0.1) is 0 Å². The third-order valence-corrected chi connectivity index (χ3v) is 2.63. The standard InChI is InChI=1S/C13H19NO2/c1-3-16-13(15)12(9-14)8-11-7-5-4-6-10(11)2/h4-7,12H,3,8-9,14H2,1-2H3. The normalized spacial score (nSPS) is 12.2. The van der Waals surface area contributed by atoms with Gasteiger partial charge in [-0.25, -0.2) is 0 Å². The summed E-state index contributed by atoms with van der Waals surface area (Å²) in [6.45, 7) is 4.57. The summed E-state index contributed by atoms with van der Waals surface area (Å²) in [6, 6.07) is 8.02. The van der Waals surface area contributed by atoms with E-state index >= 15 is 0 Å². The number of hydrogen-bond donors (Lipinski definition) is 1. The summed E-state index contributed by atoms with van der Waals surface area (Å²) >= 11 is 0. The summed E-state index contributed by atoms with van der Waals surface area (Å²) in [4.78, 5) is 11.6. The molecule has 0 amide bonds. The number of rotatable bonds is 5. The highest BCUT2D eigenvalue weighted by Gasteiger charge is 2.18. The van der Waals surface area contributed by atoms with Crippen molar-refractivity contribution < 1.29 is 9.53 Å². The van der Waals surface area contributed by atoms with Crippen LogP contribution < -0.4 is 5.73 Å². The fourth-order valence-corrected chi connectivity index (χ4v) is 1.63. The van der Waals surface area contributed by atoms with Crippen molar-refractivity contribution >= 4 is 5.97 Å². The molecule has 0 aliphatic carbocycles. The van der Waals surface area contributed by atoms with E-state index < -0.39 is 0 Å². The van der Waals surface area contributed by atoms with Crippen molar-refractivity contribution in [1.82, 2.24) is 0 Å². The van der Waals surface area contributed by atoms with Crippen molar-refractivity contribution in [3.63, 3.8) is 0 Å². The maximum absolute atomic E-state index is 11.6. The topological polar surface area (TPSA) is 52.3 Å². The second-order valence-electron chi connectivity index (χ2n) is 3.82. The Kier molecular flexibility index (Phi) is 4.99. The lowest BCUT2D eigenvalue weighted by Gasteiger charge is -2.14. The maximum Gasteiger partial charge on any atom is 0.310 e. The third kappa shape index (κ3) is 3.35. The Balaban J connectivity index is 2.70. The van der Waals surface area contributed by atoms with E-state index in [2.05, 4.69) is 0 Å². The summed E-state index contributed by atoms with van der Waals surface area (Å²) in [6.07, 6.45) is 0.655. The molecule has 0 aliphatic rings. The SMILES string of the molecule is CCOC(=O)C(CN)Cc1ccccc1C. The molecule has 0 spiro atoms. The summed E-state index contributed by atoms with van der Waals surface area (Å²) < 4.78 is 4.99. The van der Waals surface area contributed by atoms with E-state index in [9.17, 15) is 4.79 Å². The zero-order chi connectivity index (χ0) is 12.0. The van der Waals surface area contributed by atoms with Crippen molar-refractivity contribution in [3.05, 3.63) is 35.4 Å². The molecular weight excluding hydrogens is 202 g/mol. The van der Waals surface area contributed by atoms with Gasteiger partial charge in [0.2, 0.25) is 0 Å². The Morgan fingerprint density at radius 2 is 2.12 bits per heavy atom. The molecule has 1 rings (SSSR count). The van der Waals surface area contributed by atoms with E-state index in [0.29, 0.717) is 19.6 Å². The molecule has 3 heteroatoms. The Bertz CT molecular complexity index is 350. The summed E-state index contributed by atoms with van der Waals surface area (Å²) in [5.41, 5.74) is 7.94. The molecule has 1 aromatic rings. The largest absolute Gasteiger partial charge is 0.466 e. The van der Waals surface area contributed by atoms with Crippen molar-refractivity contribution in [2.45, 2.75) is 20.3 Å². The van der Waals surface area contributed by atoms with Crippen molar-refractivity contribution in [2.75, 3.05) is 13.2 Å². The molecule has 0 bridgehead atoms. The van der Waals surface area contributed by atoms with Crippen LogP contribution in [0.5, 0.6) is 0 Å². The van der Waals surface area contributed by atoms with Gasteiger partial charge in [-0.1, -0.05) is 24.3 Å². The molecule has 0 radical (unpaired) electrons. The first-order valence-corrected chi connectivity index (χ1v) is 5.60. The van der Waals surface area contributed by atoms with Crippen LogP contribution in [0, 0.1) is 12.8 Å². The Morgan fingerprint density at radius 3 is 2.69 bits per heavy atom. The highest BCUT2D eigenvalue weighted by Crippen LogP contribution is 2.13. The third-order valence-electron chi connectivity index (χ3n) is 2.63. The monoisotopic (exact) mass is 221 g/mol. The van der Waals surface area contributed by atoms with Crippen LogP contribution >= 0.6 is 0 Å². The fraction of sp³-hybridized carbons (Fsp3) is 0.462. The average Bonchev–Trinajstić information content (AvgIpc) is 2.28. The van der Waals surface area contributed by atoms with Crippen LogP contribution in [0.1, 0.15) is 18.1 Å². The first kappa shape index (κ1) is 12.7. The van der Waals surface area contributed by atoms with Gasteiger partial charge in [0.15, 0.2) is 0 Å². The molecule has 1 atom stereocenters. The predicted octanol–water partition coefficient (Wildman–Crippen LogP) is 1.68. The van der Waals surface area contributed by atoms with Gasteiger partial charge in [-0.3, -0.25) is 4.79 Å². The van der Waals surface area contributed by atoms with E-state index in [1.807, 2.05) is 31.2 Å². The zero-order valence-corrected chi connectivity index (χ0v) is 9.90. The molecule has 0 saturated heterocycles. The van der Waals surface area contributed by atoms with Crippen molar-refractivity contribution in [2.24, 2.45) is 11.7 Å². The van der Waals surface area contributed by atoms with Crippen LogP contribution in [0.25, 0.3) is 0 Å².